The first-order valence-electron chi connectivity index (χ1n) is 6.71. The molecule has 0 bridgehead atoms. The Morgan fingerprint density at radius 2 is 2.05 bits per heavy atom. The van der Waals surface area contributed by atoms with Gasteiger partial charge < -0.3 is 5.11 Å². The molecule has 1 aliphatic carbocycles. The number of hydrogen-bond donors (Lipinski definition) is 1. The summed E-state index contributed by atoms with van der Waals surface area (Å²) in [4.78, 5) is 11.2. The summed E-state index contributed by atoms with van der Waals surface area (Å²) in [5.74, 6) is -0.655. The highest BCUT2D eigenvalue weighted by Crippen LogP contribution is 2.32. The number of sulfonamides is 1. The Morgan fingerprint density at radius 1 is 1.40 bits per heavy atom. The Hall–Kier alpha value is -1.40. The van der Waals surface area contributed by atoms with E-state index >= 15 is 0 Å². The second-order valence-electron chi connectivity index (χ2n) is 5.13. The van der Waals surface area contributed by atoms with Gasteiger partial charge in [-0.25, -0.2) is 13.2 Å². The minimum Gasteiger partial charge on any atom is -0.478 e. The lowest BCUT2D eigenvalue weighted by atomic mass is 10.1. The van der Waals surface area contributed by atoms with Crippen LogP contribution in [0.5, 0.6) is 0 Å². The Morgan fingerprint density at radius 3 is 2.55 bits per heavy atom. The quantitative estimate of drug-likeness (QED) is 0.872. The standard InChI is InChI=1S/C14H19NO4S/c1-3-15(9-11-7-8-11)20(18,19)13-6-4-5-12(10(13)2)14(16)17/h4-6,11H,3,7-9H2,1-2H3,(H,16,17). The maximum absolute atomic E-state index is 12.7. The van der Waals surface area contributed by atoms with E-state index in [1.54, 1.807) is 13.8 Å². The van der Waals surface area contributed by atoms with Crippen LogP contribution in [-0.4, -0.2) is 36.9 Å². The Bertz CT molecular complexity index is 620. The van der Waals surface area contributed by atoms with Crippen molar-refractivity contribution in [3.63, 3.8) is 0 Å². The van der Waals surface area contributed by atoms with Crippen LogP contribution in [0.15, 0.2) is 23.1 Å². The third kappa shape index (κ3) is 2.86. The van der Waals surface area contributed by atoms with E-state index in [-0.39, 0.29) is 10.5 Å². The van der Waals surface area contributed by atoms with Crippen molar-refractivity contribution in [1.29, 1.82) is 0 Å². The topological polar surface area (TPSA) is 74.7 Å². The van der Waals surface area contributed by atoms with E-state index in [4.69, 9.17) is 5.11 Å². The van der Waals surface area contributed by atoms with Crippen molar-refractivity contribution < 1.29 is 18.3 Å². The van der Waals surface area contributed by atoms with Gasteiger partial charge >= 0.3 is 5.97 Å². The first-order valence-corrected chi connectivity index (χ1v) is 8.15. The third-order valence-electron chi connectivity index (χ3n) is 3.64. The molecule has 2 rings (SSSR count). The molecule has 1 saturated carbocycles. The van der Waals surface area contributed by atoms with Crippen LogP contribution in [0, 0.1) is 12.8 Å². The first kappa shape index (κ1) is 15.0. The molecule has 6 heteroatoms. The Balaban J connectivity index is 2.42. The molecule has 1 aliphatic rings. The van der Waals surface area contributed by atoms with Gasteiger partial charge in [0.2, 0.25) is 10.0 Å². The number of rotatable bonds is 6. The Kier molecular flexibility index (Phi) is 4.15. The van der Waals surface area contributed by atoms with Gasteiger partial charge in [-0.1, -0.05) is 13.0 Å². The lowest BCUT2D eigenvalue weighted by Crippen LogP contribution is -2.33. The monoisotopic (exact) mass is 297 g/mol. The fraction of sp³-hybridized carbons (Fsp3) is 0.500. The molecule has 0 amide bonds. The van der Waals surface area contributed by atoms with Crippen LogP contribution < -0.4 is 0 Å². The van der Waals surface area contributed by atoms with Crippen LogP contribution in [0.2, 0.25) is 0 Å². The molecule has 5 nitrogen and oxygen atoms in total. The zero-order chi connectivity index (χ0) is 14.9. The van der Waals surface area contributed by atoms with E-state index < -0.39 is 16.0 Å². The van der Waals surface area contributed by atoms with Crippen LogP contribution in [0.1, 0.15) is 35.7 Å². The number of carboxylic acid groups (broad SMARTS) is 1. The summed E-state index contributed by atoms with van der Waals surface area (Å²) in [7, 11) is -3.62. The molecule has 1 aromatic rings. The average molecular weight is 297 g/mol. The predicted octanol–water partition coefficient (Wildman–Crippen LogP) is 2.11. The number of aromatic carboxylic acids is 1. The van der Waals surface area contributed by atoms with E-state index in [9.17, 15) is 13.2 Å². The maximum Gasteiger partial charge on any atom is 0.335 e. The molecule has 0 heterocycles. The minimum absolute atomic E-state index is 0.0357. The van der Waals surface area contributed by atoms with Gasteiger partial charge in [0.25, 0.3) is 0 Å². The van der Waals surface area contributed by atoms with Crippen molar-refractivity contribution in [3.05, 3.63) is 29.3 Å². The molecule has 0 unspecified atom stereocenters. The summed E-state index contributed by atoms with van der Waals surface area (Å²) in [5, 5.41) is 9.10. The smallest absolute Gasteiger partial charge is 0.335 e. The normalized spacial score (nSPS) is 15.6. The SMILES string of the molecule is CCN(CC1CC1)S(=O)(=O)c1cccc(C(=O)O)c1C. The fourth-order valence-corrected chi connectivity index (χ4v) is 4.02. The van der Waals surface area contributed by atoms with Crippen LogP contribution in [-0.2, 0) is 10.0 Å². The maximum atomic E-state index is 12.7. The van der Waals surface area contributed by atoms with Gasteiger partial charge in [-0.2, -0.15) is 4.31 Å². The molecule has 1 fully saturated rings. The van der Waals surface area contributed by atoms with Crippen molar-refractivity contribution in [2.75, 3.05) is 13.1 Å². The highest BCUT2D eigenvalue weighted by molar-refractivity contribution is 7.89. The van der Waals surface area contributed by atoms with Gasteiger partial charge in [0, 0.05) is 13.1 Å². The predicted molar refractivity (Wildman–Crippen MR) is 75.3 cm³/mol. The van der Waals surface area contributed by atoms with E-state index in [1.165, 1.54) is 22.5 Å². The molecule has 0 aromatic heterocycles. The molecular formula is C14H19NO4S. The summed E-state index contributed by atoms with van der Waals surface area (Å²) in [6.45, 7) is 4.27. The number of nitrogens with zero attached hydrogens (tertiary/aromatic N) is 1. The summed E-state index contributed by atoms with van der Waals surface area (Å²) >= 11 is 0. The summed E-state index contributed by atoms with van der Waals surface area (Å²) in [6.07, 6.45) is 2.14. The third-order valence-corrected chi connectivity index (χ3v) is 5.73. The van der Waals surface area contributed by atoms with Crippen LogP contribution >= 0.6 is 0 Å². The zero-order valence-electron chi connectivity index (χ0n) is 11.7. The van der Waals surface area contributed by atoms with Crippen molar-refractivity contribution >= 4 is 16.0 Å². The van der Waals surface area contributed by atoms with Crippen molar-refractivity contribution in [2.45, 2.75) is 31.6 Å². The number of carboxylic acids is 1. The second kappa shape index (κ2) is 5.54. The van der Waals surface area contributed by atoms with E-state index in [0.29, 0.717) is 24.6 Å². The van der Waals surface area contributed by atoms with Crippen LogP contribution in [0.25, 0.3) is 0 Å². The van der Waals surface area contributed by atoms with Crippen LogP contribution in [0.3, 0.4) is 0 Å². The highest BCUT2D eigenvalue weighted by Gasteiger charge is 2.32. The molecule has 0 saturated heterocycles. The molecule has 0 radical (unpaired) electrons. The molecular weight excluding hydrogens is 278 g/mol. The summed E-state index contributed by atoms with van der Waals surface area (Å²) < 4.78 is 26.8. The number of hydrogen-bond acceptors (Lipinski definition) is 3. The van der Waals surface area contributed by atoms with E-state index in [1.807, 2.05) is 0 Å². The molecule has 1 N–H and O–H groups in total. The summed E-state index contributed by atoms with van der Waals surface area (Å²) in [6, 6.07) is 4.38. The molecule has 1 aromatic carbocycles. The Labute approximate surface area is 119 Å². The zero-order valence-corrected chi connectivity index (χ0v) is 12.5. The largest absolute Gasteiger partial charge is 0.478 e. The molecule has 0 atom stereocenters. The van der Waals surface area contributed by atoms with Crippen molar-refractivity contribution in [2.24, 2.45) is 5.92 Å². The molecule has 0 aliphatic heterocycles. The van der Waals surface area contributed by atoms with Crippen molar-refractivity contribution in [1.82, 2.24) is 4.31 Å². The van der Waals surface area contributed by atoms with Gasteiger partial charge in [-0.3, -0.25) is 0 Å². The molecule has 110 valence electrons. The van der Waals surface area contributed by atoms with Gasteiger partial charge in [0.15, 0.2) is 0 Å². The lowest BCUT2D eigenvalue weighted by molar-refractivity contribution is 0.0696. The van der Waals surface area contributed by atoms with Gasteiger partial charge in [0.05, 0.1) is 10.5 Å². The molecule has 0 spiro atoms. The highest BCUT2D eigenvalue weighted by atomic mass is 32.2. The van der Waals surface area contributed by atoms with Gasteiger partial charge in [0.1, 0.15) is 0 Å². The first-order chi connectivity index (χ1) is 9.37. The van der Waals surface area contributed by atoms with Crippen LogP contribution in [0.4, 0.5) is 0 Å². The van der Waals surface area contributed by atoms with E-state index in [0.717, 1.165) is 12.8 Å². The minimum atomic E-state index is -3.62. The number of benzene rings is 1. The average Bonchev–Trinajstić information content (AvgIpc) is 3.19. The van der Waals surface area contributed by atoms with Gasteiger partial charge in [-0.15, -0.1) is 0 Å². The van der Waals surface area contributed by atoms with Crippen molar-refractivity contribution in [3.8, 4) is 0 Å². The molecule has 20 heavy (non-hydrogen) atoms. The fourth-order valence-electron chi connectivity index (χ4n) is 2.25. The van der Waals surface area contributed by atoms with E-state index in [2.05, 4.69) is 0 Å². The lowest BCUT2D eigenvalue weighted by Gasteiger charge is -2.21. The van der Waals surface area contributed by atoms with Gasteiger partial charge in [-0.05, 0) is 43.4 Å². The number of carbonyl (C=O) groups is 1. The summed E-state index contributed by atoms with van der Waals surface area (Å²) in [5.41, 5.74) is 0.336. The second-order valence-corrected chi connectivity index (χ2v) is 7.04.